The van der Waals surface area contributed by atoms with E-state index in [1.54, 1.807) is 42.6 Å². The fourth-order valence-electron chi connectivity index (χ4n) is 4.75. The van der Waals surface area contributed by atoms with Gasteiger partial charge in [-0.3, -0.25) is 4.79 Å². The van der Waals surface area contributed by atoms with Crippen LogP contribution in [0.2, 0.25) is 0 Å². The molecule has 1 aliphatic carbocycles. The zero-order chi connectivity index (χ0) is 20.4. The van der Waals surface area contributed by atoms with Crippen molar-refractivity contribution in [3.63, 3.8) is 0 Å². The quantitative estimate of drug-likeness (QED) is 0.698. The number of aromatic nitrogens is 1. The van der Waals surface area contributed by atoms with Gasteiger partial charge in [-0.15, -0.1) is 0 Å². The zero-order valence-corrected chi connectivity index (χ0v) is 17.7. The van der Waals surface area contributed by atoms with Crippen LogP contribution in [-0.2, 0) is 21.4 Å². The van der Waals surface area contributed by atoms with Crippen LogP contribution in [0.5, 0.6) is 0 Å². The first-order chi connectivity index (χ1) is 13.9. The molecule has 0 radical (unpaired) electrons. The maximum atomic E-state index is 13.0. The van der Waals surface area contributed by atoms with Gasteiger partial charge >= 0.3 is 0 Å². The van der Waals surface area contributed by atoms with E-state index in [4.69, 9.17) is 0 Å². The van der Waals surface area contributed by atoms with Crippen molar-refractivity contribution in [3.05, 3.63) is 54.4 Å². The second-order valence-electron chi connectivity index (χ2n) is 8.36. The Morgan fingerprint density at radius 2 is 1.79 bits per heavy atom. The van der Waals surface area contributed by atoms with E-state index in [1.165, 1.54) is 16.8 Å². The fourth-order valence-corrected chi connectivity index (χ4v) is 6.13. The minimum absolute atomic E-state index is 0.283. The maximum Gasteiger partial charge on any atom is 0.267 e. The lowest BCUT2D eigenvalue weighted by atomic mass is 10.1. The van der Waals surface area contributed by atoms with Crippen LogP contribution in [0, 0.1) is 5.92 Å². The Morgan fingerprint density at radius 3 is 2.52 bits per heavy atom. The summed E-state index contributed by atoms with van der Waals surface area (Å²) in [6.45, 7) is 2.13. The molecule has 2 fully saturated rings. The van der Waals surface area contributed by atoms with E-state index in [1.807, 2.05) is 13.1 Å². The second kappa shape index (κ2) is 8.32. The lowest BCUT2D eigenvalue weighted by Gasteiger charge is -2.25. The maximum absolute atomic E-state index is 13.0. The van der Waals surface area contributed by atoms with Crippen molar-refractivity contribution in [2.45, 2.75) is 49.6 Å². The zero-order valence-electron chi connectivity index (χ0n) is 16.9. The fraction of sp³-hybridized carbons (Fsp3) is 0.500. The van der Waals surface area contributed by atoms with E-state index in [-0.39, 0.29) is 10.8 Å². The lowest BCUT2D eigenvalue weighted by Crippen LogP contribution is -2.35. The van der Waals surface area contributed by atoms with E-state index in [2.05, 4.69) is 9.80 Å². The number of hydrogen-bond donors (Lipinski definition) is 0. The molecule has 2 aromatic rings. The summed E-state index contributed by atoms with van der Waals surface area (Å²) in [4.78, 5) is 16.9. The van der Waals surface area contributed by atoms with Gasteiger partial charge in [0.1, 0.15) is 0 Å². The largest absolute Gasteiger partial charge is 0.339 e. The van der Waals surface area contributed by atoms with Gasteiger partial charge < -0.3 is 9.80 Å². The third-order valence-corrected chi connectivity index (χ3v) is 7.84. The molecular formula is C22H29N3O3S. The molecule has 2 aliphatic rings. The summed E-state index contributed by atoms with van der Waals surface area (Å²) in [6, 6.07) is 12.6. The number of nitrogens with zero attached hydrogens (tertiary/aromatic N) is 3. The van der Waals surface area contributed by atoms with Gasteiger partial charge in [0.15, 0.2) is 0 Å². The highest BCUT2D eigenvalue weighted by Gasteiger charge is 2.35. The number of hydrogen-bond acceptors (Lipinski definition) is 4. The first-order valence-electron chi connectivity index (χ1n) is 10.4. The second-order valence-corrected chi connectivity index (χ2v) is 10.2. The Labute approximate surface area is 173 Å². The van der Waals surface area contributed by atoms with Crippen LogP contribution >= 0.6 is 0 Å². The number of rotatable bonds is 7. The van der Waals surface area contributed by atoms with Gasteiger partial charge in [-0.25, -0.2) is 12.4 Å². The van der Waals surface area contributed by atoms with Crippen LogP contribution in [0.3, 0.4) is 0 Å². The summed E-state index contributed by atoms with van der Waals surface area (Å²) in [6.07, 6.45) is 6.94. The minimum atomic E-state index is -3.60. The topological polar surface area (TPSA) is 62.6 Å². The Bertz CT molecular complexity index is 949. The van der Waals surface area contributed by atoms with Crippen molar-refractivity contribution in [1.82, 2.24) is 13.8 Å². The molecule has 6 nitrogen and oxygen atoms in total. The molecule has 1 saturated heterocycles. The number of carbonyl (C=O) groups is 1. The summed E-state index contributed by atoms with van der Waals surface area (Å²) in [5, 5.41) is 0. The predicted octanol–water partition coefficient (Wildman–Crippen LogP) is 2.95. The third-order valence-electron chi connectivity index (χ3n) is 6.10. The van der Waals surface area contributed by atoms with Crippen molar-refractivity contribution in [3.8, 4) is 0 Å². The van der Waals surface area contributed by atoms with Crippen LogP contribution in [0.4, 0.5) is 0 Å². The average molecular weight is 416 g/mol. The molecule has 1 aromatic carbocycles. The van der Waals surface area contributed by atoms with Crippen molar-refractivity contribution in [1.29, 1.82) is 0 Å². The number of amides is 1. The molecule has 1 unspecified atom stereocenters. The molecule has 156 valence electrons. The normalized spacial score (nSPS) is 20.8. The van der Waals surface area contributed by atoms with Gasteiger partial charge in [-0.1, -0.05) is 31.0 Å². The molecule has 2 heterocycles. The lowest BCUT2D eigenvalue weighted by molar-refractivity contribution is -0.129. The summed E-state index contributed by atoms with van der Waals surface area (Å²) in [7, 11) is -1.60. The molecule has 29 heavy (non-hydrogen) atoms. The molecule has 0 bridgehead atoms. The van der Waals surface area contributed by atoms with Crippen LogP contribution in [-0.4, -0.2) is 54.3 Å². The van der Waals surface area contributed by atoms with Gasteiger partial charge in [0, 0.05) is 44.0 Å². The third kappa shape index (κ3) is 4.26. The first kappa shape index (κ1) is 20.2. The smallest absolute Gasteiger partial charge is 0.267 e. The van der Waals surface area contributed by atoms with E-state index in [9.17, 15) is 13.2 Å². The summed E-state index contributed by atoms with van der Waals surface area (Å²) >= 11 is 0. The Morgan fingerprint density at radius 1 is 1.07 bits per heavy atom. The SMILES string of the molecule is CN(Cc1cccn1S(=O)(=O)c1ccccc1)CC1CC(=O)N(C2CCCC2)C1. The Kier molecular flexibility index (Phi) is 5.79. The monoisotopic (exact) mass is 415 g/mol. The van der Waals surface area contributed by atoms with Gasteiger partial charge in [0.2, 0.25) is 5.91 Å². The molecule has 1 saturated carbocycles. The van der Waals surface area contributed by atoms with Crippen molar-refractivity contribution < 1.29 is 13.2 Å². The molecule has 7 heteroatoms. The van der Waals surface area contributed by atoms with Crippen molar-refractivity contribution in [2.75, 3.05) is 20.1 Å². The average Bonchev–Trinajstić information content (AvgIpc) is 3.44. The molecule has 1 amide bonds. The highest BCUT2D eigenvalue weighted by Crippen LogP contribution is 2.30. The molecule has 4 rings (SSSR count). The first-order valence-corrected chi connectivity index (χ1v) is 11.8. The highest BCUT2D eigenvalue weighted by molar-refractivity contribution is 7.90. The number of carbonyl (C=O) groups excluding carboxylic acids is 1. The molecule has 0 N–H and O–H groups in total. The van der Waals surface area contributed by atoms with E-state index >= 15 is 0 Å². The van der Waals surface area contributed by atoms with Gasteiger partial charge in [0.05, 0.1) is 4.90 Å². The van der Waals surface area contributed by atoms with Crippen LogP contribution in [0.15, 0.2) is 53.6 Å². The van der Waals surface area contributed by atoms with Crippen LogP contribution in [0.1, 0.15) is 37.8 Å². The van der Waals surface area contributed by atoms with Crippen LogP contribution in [0.25, 0.3) is 0 Å². The molecular weight excluding hydrogens is 386 g/mol. The Hall–Kier alpha value is -2.12. The highest BCUT2D eigenvalue weighted by atomic mass is 32.2. The van der Waals surface area contributed by atoms with Gasteiger partial charge in [-0.2, -0.15) is 0 Å². The molecule has 1 atom stereocenters. The van der Waals surface area contributed by atoms with Gasteiger partial charge in [-0.05, 0) is 50.1 Å². The predicted molar refractivity (Wildman–Crippen MR) is 112 cm³/mol. The van der Waals surface area contributed by atoms with Crippen molar-refractivity contribution in [2.24, 2.45) is 5.92 Å². The number of benzene rings is 1. The van der Waals surface area contributed by atoms with Crippen LogP contribution < -0.4 is 0 Å². The van der Waals surface area contributed by atoms with E-state index in [0.717, 1.165) is 31.6 Å². The van der Waals surface area contributed by atoms with E-state index in [0.29, 0.717) is 24.9 Å². The summed E-state index contributed by atoms with van der Waals surface area (Å²) in [5.41, 5.74) is 0.730. The minimum Gasteiger partial charge on any atom is -0.339 e. The standard InChI is InChI=1S/C22H29N3O3S/c1-23(15-18-14-22(26)24(16-18)19-8-5-6-9-19)17-20-10-7-13-25(20)29(27,28)21-11-3-2-4-12-21/h2-4,7,10-13,18-19H,5-6,8-9,14-17H2,1H3. The molecule has 1 aromatic heterocycles. The number of likely N-dealkylation sites (tertiary alicyclic amines) is 1. The van der Waals surface area contributed by atoms with Crippen molar-refractivity contribution >= 4 is 15.9 Å². The van der Waals surface area contributed by atoms with E-state index < -0.39 is 10.0 Å². The molecule has 0 spiro atoms. The molecule has 1 aliphatic heterocycles. The summed E-state index contributed by atoms with van der Waals surface area (Å²) in [5.74, 6) is 0.590. The Balaban J connectivity index is 1.41. The van der Waals surface area contributed by atoms with Gasteiger partial charge in [0.25, 0.3) is 10.0 Å². The summed E-state index contributed by atoms with van der Waals surface area (Å²) < 4.78 is 27.3.